The number of hydrogen-bond acceptors (Lipinski definition) is 2. The second-order valence-corrected chi connectivity index (χ2v) is 5.96. The van der Waals surface area contributed by atoms with Gasteiger partial charge >= 0.3 is 0 Å². The predicted molar refractivity (Wildman–Crippen MR) is 87.0 cm³/mol. The van der Waals surface area contributed by atoms with E-state index in [1.807, 2.05) is 48.5 Å². The molecule has 0 aliphatic rings. The summed E-state index contributed by atoms with van der Waals surface area (Å²) in [5, 5.41) is 2.81. The van der Waals surface area contributed by atoms with Crippen LogP contribution in [0.3, 0.4) is 0 Å². The molecular formula is C15H13Br2NO2. The number of halogens is 2. The van der Waals surface area contributed by atoms with Crippen molar-refractivity contribution in [1.29, 1.82) is 0 Å². The van der Waals surface area contributed by atoms with Gasteiger partial charge in [0.2, 0.25) is 0 Å². The van der Waals surface area contributed by atoms with Gasteiger partial charge in [0.05, 0.1) is 4.47 Å². The van der Waals surface area contributed by atoms with Gasteiger partial charge in [-0.2, -0.15) is 0 Å². The van der Waals surface area contributed by atoms with Crippen LogP contribution in [0.5, 0.6) is 5.75 Å². The van der Waals surface area contributed by atoms with E-state index in [1.165, 1.54) is 0 Å². The van der Waals surface area contributed by atoms with Crippen molar-refractivity contribution in [2.24, 2.45) is 0 Å². The fraction of sp³-hybridized carbons (Fsp3) is 0.133. The van der Waals surface area contributed by atoms with Crippen LogP contribution in [-0.2, 0) is 4.79 Å². The summed E-state index contributed by atoms with van der Waals surface area (Å²) in [5.74, 6) is 0.453. The zero-order valence-corrected chi connectivity index (χ0v) is 13.9. The third kappa shape index (κ3) is 4.08. The number of benzene rings is 2. The van der Waals surface area contributed by atoms with Gasteiger partial charge in [-0.1, -0.05) is 28.1 Å². The number of hydrogen-bond donors (Lipinski definition) is 1. The topological polar surface area (TPSA) is 38.3 Å². The van der Waals surface area contributed by atoms with E-state index in [-0.39, 0.29) is 5.91 Å². The molecule has 0 aromatic heterocycles. The highest BCUT2D eigenvalue weighted by Crippen LogP contribution is 2.25. The van der Waals surface area contributed by atoms with Crippen molar-refractivity contribution in [3.63, 3.8) is 0 Å². The molecule has 0 aliphatic heterocycles. The molecule has 0 saturated carbocycles. The highest BCUT2D eigenvalue weighted by molar-refractivity contribution is 9.10. The number of rotatable bonds is 4. The van der Waals surface area contributed by atoms with Crippen LogP contribution in [0.25, 0.3) is 0 Å². The second kappa shape index (κ2) is 6.90. The zero-order valence-electron chi connectivity index (χ0n) is 10.8. The number of ether oxygens (including phenoxy) is 1. The Morgan fingerprint density at radius 1 is 1.10 bits per heavy atom. The fourth-order valence-electron chi connectivity index (χ4n) is 1.56. The van der Waals surface area contributed by atoms with Crippen molar-refractivity contribution in [2.75, 3.05) is 5.32 Å². The molecule has 0 spiro atoms. The van der Waals surface area contributed by atoms with E-state index in [1.54, 1.807) is 6.92 Å². The van der Waals surface area contributed by atoms with Crippen molar-refractivity contribution in [3.8, 4) is 5.75 Å². The first-order valence-corrected chi connectivity index (χ1v) is 7.62. The van der Waals surface area contributed by atoms with E-state index in [2.05, 4.69) is 37.2 Å². The average molecular weight is 399 g/mol. The lowest BCUT2D eigenvalue weighted by molar-refractivity contribution is -0.122. The van der Waals surface area contributed by atoms with Crippen LogP contribution in [0.1, 0.15) is 6.92 Å². The standard InChI is InChI=1S/C15H13Br2NO2/c1-10(20-14-5-3-2-4-13(14)17)15(19)18-12-8-6-11(16)7-9-12/h2-10H,1H3,(H,18,19)/t10-/m0/s1. The molecule has 0 fully saturated rings. The van der Waals surface area contributed by atoms with Gasteiger partial charge in [0, 0.05) is 10.2 Å². The van der Waals surface area contributed by atoms with Crippen molar-refractivity contribution in [2.45, 2.75) is 13.0 Å². The molecule has 0 radical (unpaired) electrons. The third-order valence-corrected chi connectivity index (χ3v) is 3.81. The summed E-state index contributed by atoms with van der Waals surface area (Å²) in [5.41, 5.74) is 0.737. The van der Waals surface area contributed by atoms with Crippen molar-refractivity contribution in [3.05, 3.63) is 57.5 Å². The minimum atomic E-state index is -0.586. The van der Waals surface area contributed by atoms with Crippen molar-refractivity contribution >= 4 is 43.5 Å². The molecule has 2 aromatic rings. The Bertz CT molecular complexity index is 599. The van der Waals surface area contributed by atoms with Gasteiger partial charge in [-0.05, 0) is 59.3 Å². The maximum absolute atomic E-state index is 12.0. The van der Waals surface area contributed by atoms with Gasteiger partial charge in [-0.3, -0.25) is 4.79 Å². The quantitative estimate of drug-likeness (QED) is 0.815. The Kier molecular flexibility index (Phi) is 5.20. The molecule has 1 N–H and O–H groups in total. The molecular weight excluding hydrogens is 386 g/mol. The third-order valence-electron chi connectivity index (χ3n) is 2.62. The fourth-order valence-corrected chi connectivity index (χ4v) is 2.20. The van der Waals surface area contributed by atoms with E-state index < -0.39 is 6.10 Å². The first kappa shape index (κ1) is 15.1. The minimum absolute atomic E-state index is 0.192. The summed E-state index contributed by atoms with van der Waals surface area (Å²) in [4.78, 5) is 12.0. The van der Waals surface area contributed by atoms with Crippen LogP contribution < -0.4 is 10.1 Å². The minimum Gasteiger partial charge on any atom is -0.480 e. The maximum Gasteiger partial charge on any atom is 0.265 e. The van der Waals surface area contributed by atoms with Gasteiger partial charge in [-0.25, -0.2) is 0 Å². The molecule has 0 aliphatic carbocycles. The van der Waals surface area contributed by atoms with Crippen LogP contribution in [0, 0.1) is 0 Å². The van der Waals surface area contributed by atoms with Gasteiger partial charge in [0.1, 0.15) is 5.75 Å². The molecule has 0 saturated heterocycles. The summed E-state index contributed by atoms with van der Waals surface area (Å²) in [6, 6.07) is 14.8. The highest BCUT2D eigenvalue weighted by atomic mass is 79.9. The Hall–Kier alpha value is -1.33. The van der Waals surface area contributed by atoms with Crippen molar-refractivity contribution in [1.82, 2.24) is 0 Å². The summed E-state index contributed by atoms with van der Waals surface area (Å²) < 4.78 is 7.42. The second-order valence-electron chi connectivity index (χ2n) is 4.19. The summed E-state index contributed by atoms with van der Waals surface area (Å²) in [6.45, 7) is 1.72. The molecule has 2 aromatic carbocycles. The summed E-state index contributed by atoms with van der Waals surface area (Å²) >= 11 is 6.74. The van der Waals surface area contributed by atoms with Crippen LogP contribution in [0.15, 0.2) is 57.5 Å². The van der Waals surface area contributed by atoms with E-state index in [0.29, 0.717) is 5.75 Å². The summed E-state index contributed by atoms with van der Waals surface area (Å²) in [7, 11) is 0. The Morgan fingerprint density at radius 3 is 2.40 bits per heavy atom. The molecule has 104 valence electrons. The SMILES string of the molecule is C[C@H](Oc1ccccc1Br)C(=O)Nc1ccc(Br)cc1. The molecule has 2 rings (SSSR count). The maximum atomic E-state index is 12.0. The first-order valence-electron chi connectivity index (χ1n) is 6.04. The summed E-state index contributed by atoms with van der Waals surface area (Å²) in [6.07, 6.45) is -0.586. The molecule has 3 nitrogen and oxygen atoms in total. The lowest BCUT2D eigenvalue weighted by Crippen LogP contribution is -2.30. The number of amides is 1. The molecule has 0 unspecified atom stereocenters. The van der Waals surface area contributed by atoms with E-state index in [0.717, 1.165) is 14.6 Å². The predicted octanol–water partition coefficient (Wildman–Crippen LogP) is 4.62. The lowest BCUT2D eigenvalue weighted by Gasteiger charge is -2.15. The molecule has 1 amide bonds. The lowest BCUT2D eigenvalue weighted by atomic mass is 10.3. The van der Waals surface area contributed by atoms with Crippen LogP contribution >= 0.6 is 31.9 Å². The number of carbonyl (C=O) groups is 1. The number of nitrogens with one attached hydrogen (secondary N) is 1. The molecule has 5 heteroatoms. The Balaban J connectivity index is 1.99. The highest BCUT2D eigenvalue weighted by Gasteiger charge is 2.15. The van der Waals surface area contributed by atoms with Gasteiger partial charge in [0.15, 0.2) is 6.10 Å². The largest absolute Gasteiger partial charge is 0.480 e. The average Bonchev–Trinajstić information content (AvgIpc) is 2.44. The van der Waals surface area contributed by atoms with Gasteiger partial charge < -0.3 is 10.1 Å². The number of para-hydroxylation sites is 1. The number of carbonyl (C=O) groups excluding carboxylic acids is 1. The molecule has 0 heterocycles. The Labute approximate surface area is 134 Å². The van der Waals surface area contributed by atoms with Crippen LogP contribution in [0.2, 0.25) is 0 Å². The first-order chi connectivity index (χ1) is 9.56. The van der Waals surface area contributed by atoms with Crippen LogP contribution in [0.4, 0.5) is 5.69 Å². The van der Waals surface area contributed by atoms with E-state index in [4.69, 9.17) is 4.74 Å². The van der Waals surface area contributed by atoms with Crippen molar-refractivity contribution < 1.29 is 9.53 Å². The van der Waals surface area contributed by atoms with Gasteiger partial charge in [-0.15, -0.1) is 0 Å². The van der Waals surface area contributed by atoms with E-state index >= 15 is 0 Å². The molecule has 0 bridgehead atoms. The molecule has 20 heavy (non-hydrogen) atoms. The van der Waals surface area contributed by atoms with Crippen LogP contribution in [-0.4, -0.2) is 12.0 Å². The van der Waals surface area contributed by atoms with E-state index in [9.17, 15) is 4.79 Å². The number of anilines is 1. The zero-order chi connectivity index (χ0) is 14.5. The van der Waals surface area contributed by atoms with Gasteiger partial charge in [0.25, 0.3) is 5.91 Å². The monoisotopic (exact) mass is 397 g/mol. The Morgan fingerprint density at radius 2 is 1.75 bits per heavy atom. The smallest absolute Gasteiger partial charge is 0.265 e. The normalized spacial score (nSPS) is 11.8. The molecule has 1 atom stereocenters.